The second-order valence-electron chi connectivity index (χ2n) is 6.71. The number of anilines is 1. The SMILES string of the molecule is Cc1cccc(NC(=O)c2ccc(S(=O)(=O)NC[C@@H]3CCCO3)cc2)c1C. The third-order valence-corrected chi connectivity index (χ3v) is 6.24. The van der Waals surface area contributed by atoms with Gasteiger partial charge in [-0.1, -0.05) is 12.1 Å². The summed E-state index contributed by atoms with van der Waals surface area (Å²) in [4.78, 5) is 12.6. The number of hydrogen-bond donors (Lipinski definition) is 2. The first-order valence-corrected chi connectivity index (χ1v) is 10.4. The van der Waals surface area contributed by atoms with Crippen molar-refractivity contribution in [3.63, 3.8) is 0 Å². The highest BCUT2D eigenvalue weighted by Crippen LogP contribution is 2.19. The van der Waals surface area contributed by atoms with E-state index in [1.54, 1.807) is 0 Å². The normalized spacial score (nSPS) is 17.0. The van der Waals surface area contributed by atoms with E-state index in [-0.39, 0.29) is 23.5 Å². The predicted octanol–water partition coefficient (Wildman–Crippen LogP) is 3.01. The van der Waals surface area contributed by atoms with Gasteiger partial charge in [0.05, 0.1) is 11.0 Å². The molecule has 27 heavy (non-hydrogen) atoms. The van der Waals surface area contributed by atoms with Crippen molar-refractivity contribution in [2.75, 3.05) is 18.5 Å². The lowest BCUT2D eigenvalue weighted by Crippen LogP contribution is -2.31. The number of sulfonamides is 1. The van der Waals surface area contributed by atoms with Crippen LogP contribution in [0.15, 0.2) is 47.4 Å². The number of amides is 1. The van der Waals surface area contributed by atoms with E-state index in [4.69, 9.17) is 4.74 Å². The lowest BCUT2D eigenvalue weighted by atomic mass is 10.1. The zero-order chi connectivity index (χ0) is 19.4. The molecule has 0 unspecified atom stereocenters. The molecule has 0 aliphatic carbocycles. The summed E-state index contributed by atoms with van der Waals surface area (Å²) in [6.07, 6.45) is 1.75. The summed E-state index contributed by atoms with van der Waals surface area (Å²) >= 11 is 0. The van der Waals surface area contributed by atoms with E-state index in [1.807, 2.05) is 32.0 Å². The fourth-order valence-corrected chi connectivity index (χ4v) is 4.02. The van der Waals surface area contributed by atoms with Gasteiger partial charge in [-0.05, 0) is 68.1 Å². The predicted molar refractivity (Wildman–Crippen MR) is 104 cm³/mol. The van der Waals surface area contributed by atoms with E-state index in [2.05, 4.69) is 10.0 Å². The quantitative estimate of drug-likeness (QED) is 0.797. The number of rotatable bonds is 6. The molecule has 2 N–H and O–H groups in total. The van der Waals surface area contributed by atoms with Crippen LogP contribution in [-0.4, -0.2) is 33.6 Å². The van der Waals surface area contributed by atoms with Gasteiger partial charge in [-0.3, -0.25) is 4.79 Å². The minimum absolute atomic E-state index is 0.0672. The van der Waals surface area contributed by atoms with Crippen LogP contribution in [0.25, 0.3) is 0 Å². The van der Waals surface area contributed by atoms with Gasteiger partial charge < -0.3 is 10.1 Å². The summed E-state index contributed by atoms with van der Waals surface area (Å²) in [6, 6.07) is 11.6. The van der Waals surface area contributed by atoms with E-state index in [0.717, 1.165) is 29.7 Å². The minimum Gasteiger partial charge on any atom is -0.377 e. The number of ether oxygens (including phenoxy) is 1. The highest BCUT2D eigenvalue weighted by atomic mass is 32.2. The third kappa shape index (κ3) is 4.74. The second-order valence-corrected chi connectivity index (χ2v) is 8.48. The molecule has 2 aromatic rings. The number of carbonyl (C=O) groups is 1. The average molecular weight is 388 g/mol. The molecule has 0 aromatic heterocycles. The summed E-state index contributed by atoms with van der Waals surface area (Å²) in [5, 5.41) is 2.87. The fraction of sp³-hybridized carbons (Fsp3) is 0.350. The molecule has 0 bridgehead atoms. The van der Waals surface area contributed by atoms with Gasteiger partial charge in [-0.2, -0.15) is 0 Å². The first-order valence-electron chi connectivity index (χ1n) is 8.96. The highest BCUT2D eigenvalue weighted by molar-refractivity contribution is 7.89. The van der Waals surface area contributed by atoms with Gasteiger partial charge in [0, 0.05) is 24.4 Å². The van der Waals surface area contributed by atoms with Crippen LogP contribution in [0.1, 0.15) is 34.3 Å². The van der Waals surface area contributed by atoms with Crippen LogP contribution in [-0.2, 0) is 14.8 Å². The van der Waals surface area contributed by atoms with Crippen molar-refractivity contribution in [3.8, 4) is 0 Å². The molecule has 6 nitrogen and oxygen atoms in total. The smallest absolute Gasteiger partial charge is 0.255 e. The fourth-order valence-electron chi connectivity index (χ4n) is 2.96. The number of nitrogens with one attached hydrogen (secondary N) is 2. The van der Waals surface area contributed by atoms with Crippen LogP contribution in [0.5, 0.6) is 0 Å². The molecular formula is C20H24N2O4S. The maximum absolute atomic E-state index is 12.4. The summed E-state index contributed by atoms with van der Waals surface area (Å²) in [7, 11) is -3.62. The van der Waals surface area contributed by atoms with Crippen molar-refractivity contribution in [1.29, 1.82) is 0 Å². The Labute approximate surface area is 160 Å². The molecule has 0 spiro atoms. The van der Waals surface area contributed by atoms with Gasteiger partial charge in [0.1, 0.15) is 0 Å². The monoisotopic (exact) mass is 388 g/mol. The molecule has 1 aliphatic heterocycles. The number of aryl methyl sites for hydroxylation is 1. The van der Waals surface area contributed by atoms with Crippen LogP contribution in [0, 0.1) is 13.8 Å². The van der Waals surface area contributed by atoms with Crippen molar-refractivity contribution >= 4 is 21.6 Å². The molecule has 1 amide bonds. The molecule has 1 aliphatic rings. The lowest BCUT2D eigenvalue weighted by Gasteiger charge is -2.12. The summed E-state index contributed by atoms with van der Waals surface area (Å²) in [6.45, 7) is 4.86. The van der Waals surface area contributed by atoms with Crippen molar-refractivity contribution < 1.29 is 17.9 Å². The van der Waals surface area contributed by atoms with Crippen LogP contribution >= 0.6 is 0 Å². The number of carbonyl (C=O) groups excluding carboxylic acids is 1. The van der Waals surface area contributed by atoms with Crippen LogP contribution < -0.4 is 10.0 Å². The molecule has 0 saturated carbocycles. The van der Waals surface area contributed by atoms with Gasteiger partial charge >= 0.3 is 0 Å². The first kappa shape index (κ1) is 19.5. The molecule has 1 heterocycles. The second kappa shape index (κ2) is 8.21. The van der Waals surface area contributed by atoms with E-state index in [9.17, 15) is 13.2 Å². The van der Waals surface area contributed by atoms with Crippen molar-refractivity contribution in [3.05, 3.63) is 59.2 Å². The van der Waals surface area contributed by atoms with E-state index < -0.39 is 10.0 Å². The summed E-state index contributed by atoms with van der Waals surface area (Å²) < 4.78 is 32.7. The molecule has 1 saturated heterocycles. The summed E-state index contributed by atoms with van der Waals surface area (Å²) in [5.41, 5.74) is 3.24. The highest BCUT2D eigenvalue weighted by Gasteiger charge is 2.20. The molecule has 0 radical (unpaired) electrons. The molecule has 2 aromatic carbocycles. The Morgan fingerprint density at radius 2 is 1.89 bits per heavy atom. The Bertz CT molecular complexity index is 917. The van der Waals surface area contributed by atoms with Crippen molar-refractivity contribution in [1.82, 2.24) is 4.72 Å². The number of benzene rings is 2. The Morgan fingerprint density at radius 1 is 1.15 bits per heavy atom. The molecule has 7 heteroatoms. The maximum Gasteiger partial charge on any atom is 0.255 e. The number of hydrogen-bond acceptors (Lipinski definition) is 4. The van der Waals surface area contributed by atoms with Gasteiger partial charge in [-0.25, -0.2) is 13.1 Å². The Hall–Kier alpha value is -2.22. The van der Waals surface area contributed by atoms with Crippen LogP contribution in [0.3, 0.4) is 0 Å². The van der Waals surface area contributed by atoms with Gasteiger partial charge in [0.15, 0.2) is 0 Å². The molecule has 1 fully saturated rings. The topological polar surface area (TPSA) is 84.5 Å². The standard InChI is InChI=1S/C20H24N2O4S/c1-14-5-3-7-19(15(14)2)22-20(23)16-8-10-18(11-9-16)27(24,25)21-13-17-6-4-12-26-17/h3,5,7-11,17,21H,4,6,12-13H2,1-2H3,(H,22,23)/t17-/m0/s1. The van der Waals surface area contributed by atoms with Crippen molar-refractivity contribution in [2.45, 2.75) is 37.7 Å². The Balaban J connectivity index is 1.66. The molecule has 144 valence electrons. The van der Waals surface area contributed by atoms with Crippen LogP contribution in [0.2, 0.25) is 0 Å². The third-order valence-electron chi connectivity index (χ3n) is 4.80. The Morgan fingerprint density at radius 3 is 2.56 bits per heavy atom. The molecule has 3 rings (SSSR count). The van der Waals surface area contributed by atoms with Crippen molar-refractivity contribution in [2.24, 2.45) is 0 Å². The Kier molecular flexibility index (Phi) is 5.94. The lowest BCUT2D eigenvalue weighted by molar-refractivity contribution is 0.102. The zero-order valence-corrected chi connectivity index (χ0v) is 16.3. The van der Waals surface area contributed by atoms with Gasteiger partial charge in [-0.15, -0.1) is 0 Å². The van der Waals surface area contributed by atoms with Crippen LogP contribution in [0.4, 0.5) is 5.69 Å². The van der Waals surface area contributed by atoms with Gasteiger partial charge in [0.25, 0.3) is 5.91 Å². The zero-order valence-electron chi connectivity index (χ0n) is 15.5. The van der Waals surface area contributed by atoms with Gasteiger partial charge in [0.2, 0.25) is 10.0 Å². The van der Waals surface area contributed by atoms with E-state index in [0.29, 0.717) is 12.2 Å². The average Bonchev–Trinajstić information content (AvgIpc) is 3.18. The molecule has 1 atom stereocenters. The minimum atomic E-state index is -3.62. The first-order chi connectivity index (χ1) is 12.9. The largest absolute Gasteiger partial charge is 0.377 e. The van der Waals surface area contributed by atoms with E-state index in [1.165, 1.54) is 24.3 Å². The molecular weight excluding hydrogens is 364 g/mol. The maximum atomic E-state index is 12.4. The summed E-state index contributed by atoms with van der Waals surface area (Å²) in [5.74, 6) is -0.278. The van der Waals surface area contributed by atoms with E-state index >= 15 is 0 Å².